The van der Waals surface area contributed by atoms with Crippen molar-refractivity contribution >= 4 is 46.9 Å². The highest BCUT2D eigenvalue weighted by Gasteiger charge is 2.26. The Morgan fingerprint density at radius 1 is 1.11 bits per heavy atom. The number of hydrogen-bond acceptors (Lipinski definition) is 3. The Balaban J connectivity index is 1.49. The number of carbonyl (C=O) groups excluding carboxylic acids is 2. The zero-order valence-electron chi connectivity index (χ0n) is 14.6. The highest BCUT2D eigenvalue weighted by atomic mass is 35.5. The summed E-state index contributed by atoms with van der Waals surface area (Å²) < 4.78 is 0. The fraction of sp³-hybridized carbons (Fsp3) is 0.250. The largest absolute Gasteiger partial charge is 0.339 e. The predicted octanol–water partition coefficient (Wildman–Crippen LogP) is 4.28. The molecule has 27 heavy (non-hydrogen) atoms. The van der Waals surface area contributed by atoms with E-state index in [9.17, 15) is 9.59 Å². The van der Waals surface area contributed by atoms with Gasteiger partial charge in [0.05, 0.1) is 5.02 Å². The van der Waals surface area contributed by atoms with Crippen molar-refractivity contribution in [3.05, 3.63) is 64.3 Å². The molecule has 0 saturated carbocycles. The highest BCUT2D eigenvalue weighted by Crippen LogP contribution is 2.20. The summed E-state index contributed by atoms with van der Waals surface area (Å²) in [6.45, 7) is 1.09. The second-order valence-corrected chi connectivity index (χ2v) is 7.21. The molecule has 1 aliphatic heterocycles. The summed E-state index contributed by atoms with van der Waals surface area (Å²) in [5.41, 5.74) is 0.876. The minimum absolute atomic E-state index is 0.0619. The van der Waals surface area contributed by atoms with Crippen molar-refractivity contribution < 1.29 is 9.59 Å². The molecule has 0 unspecified atom stereocenters. The second kappa shape index (κ2) is 9.02. The van der Waals surface area contributed by atoms with Crippen LogP contribution in [0.15, 0.2) is 48.7 Å². The lowest BCUT2D eigenvalue weighted by Gasteiger charge is -2.30. The first kappa shape index (κ1) is 19.4. The number of rotatable bonds is 4. The number of piperidine rings is 1. The number of amides is 2. The number of pyridine rings is 1. The fourth-order valence-electron chi connectivity index (χ4n) is 2.92. The molecular weight excluding hydrogens is 385 g/mol. The van der Waals surface area contributed by atoms with E-state index in [1.165, 1.54) is 6.20 Å². The van der Waals surface area contributed by atoms with Gasteiger partial charge in [0.2, 0.25) is 11.8 Å². The van der Waals surface area contributed by atoms with Crippen LogP contribution in [0.5, 0.6) is 0 Å². The van der Waals surface area contributed by atoms with Crippen molar-refractivity contribution in [1.29, 1.82) is 0 Å². The molecule has 2 heterocycles. The number of hydrogen-bond donors (Lipinski definition) is 1. The van der Waals surface area contributed by atoms with Gasteiger partial charge in [-0.2, -0.15) is 0 Å². The molecule has 0 spiro atoms. The van der Waals surface area contributed by atoms with E-state index in [1.54, 1.807) is 41.3 Å². The number of anilines is 1. The lowest BCUT2D eigenvalue weighted by atomic mass is 9.96. The summed E-state index contributed by atoms with van der Waals surface area (Å²) in [7, 11) is 0. The average Bonchev–Trinajstić information content (AvgIpc) is 2.68. The minimum Gasteiger partial charge on any atom is -0.339 e. The van der Waals surface area contributed by atoms with E-state index in [0.717, 1.165) is 5.56 Å². The Morgan fingerprint density at radius 2 is 1.89 bits per heavy atom. The first-order valence-corrected chi connectivity index (χ1v) is 9.42. The van der Waals surface area contributed by atoms with Crippen LogP contribution in [0.4, 0.5) is 5.82 Å². The highest BCUT2D eigenvalue weighted by molar-refractivity contribution is 6.30. The van der Waals surface area contributed by atoms with Crippen molar-refractivity contribution in [2.75, 3.05) is 18.4 Å². The number of benzene rings is 1. The van der Waals surface area contributed by atoms with E-state index in [2.05, 4.69) is 10.3 Å². The second-order valence-electron chi connectivity index (χ2n) is 6.34. The van der Waals surface area contributed by atoms with Gasteiger partial charge in [-0.05, 0) is 48.7 Å². The summed E-state index contributed by atoms with van der Waals surface area (Å²) in [4.78, 5) is 30.5. The normalized spacial score (nSPS) is 15.1. The maximum atomic E-state index is 12.4. The first-order valence-electron chi connectivity index (χ1n) is 8.66. The number of nitrogens with zero attached hydrogens (tertiary/aromatic N) is 2. The Kier molecular flexibility index (Phi) is 6.48. The molecule has 7 heteroatoms. The number of carbonyl (C=O) groups is 2. The van der Waals surface area contributed by atoms with Gasteiger partial charge in [-0.3, -0.25) is 9.59 Å². The quantitative estimate of drug-likeness (QED) is 0.774. The summed E-state index contributed by atoms with van der Waals surface area (Å²) in [6, 6.07) is 10.7. The summed E-state index contributed by atoms with van der Waals surface area (Å²) in [5.74, 6) is 0.204. The van der Waals surface area contributed by atoms with Gasteiger partial charge in [-0.1, -0.05) is 35.3 Å². The number of likely N-dealkylation sites (tertiary alicyclic amines) is 1. The molecule has 0 radical (unpaired) electrons. The maximum absolute atomic E-state index is 12.4. The van der Waals surface area contributed by atoms with Crippen LogP contribution in [0, 0.1) is 5.92 Å². The molecule has 140 valence electrons. The van der Waals surface area contributed by atoms with E-state index in [4.69, 9.17) is 23.2 Å². The van der Waals surface area contributed by atoms with Crippen molar-refractivity contribution in [2.24, 2.45) is 5.92 Å². The minimum atomic E-state index is -0.136. The van der Waals surface area contributed by atoms with Gasteiger partial charge in [-0.15, -0.1) is 0 Å². The van der Waals surface area contributed by atoms with Gasteiger partial charge >= 0.3 is 0 Å². The van der Waals surface area contributed by atoms with Crippen molar-refractivity contribution in [3.63, 3.8) is 0 Å². The van der Waals surface area contributed by atoms with Gasteiger partial charge in [0.15, 0.2) is 0 Å². The Hall–Kier alpha value is -2.37. The van der Waals surface area contributed by atoms with Crippen LogP contribution in [0.2, 0.25) is 10.0 Å². The van der Waals surface area contributed by atoms with Crippen LogP contribution in [-0.4, -0.2) is 34.8 Å². The molecule has 3 rings (SSSR count). The van der Waals surface area contributed by atoms with Gasteiger partial charge < -0.3 is 10.2 Å². The topological polar surface area (TPSA) is 62.3 Å². The molecule has 2 aromatic rings. The van der Waals surface area contributed by atoms with Crippen LogP contribution >= 0.6 is 23.2 Å². The van der Waals surface area contributed by atoms with E-state index in [1.807, 2.05) is 12.1 Å². The standard InChI is InChI=1S/C20H19Cl2N3O2/c21-16-3-1-2-14(12-16)4-7-19(26)25-10-8-15(9-11-25)20(27)24-18-6-5-17(22)13-23-18/h1-7,12-13,15H,8-11H2,(H,23,24,27). The third-order valence-corrected chi connectivity index (χ3v) is 4.88. The van der Waals surface area contributed by atoms with E-state index in [-0.39, 0.29) is 17.7 Å². The van der Waals surface area contributed by atoms with Crippen LogP contribution in [0.25, 0.3) is 6.08 Å². The first-order chi connectivity index (χ1) is 13.0. The summed E-state index contributed by atoms with van der Waals surface area (Å²) >= 11 is 11.7. The van der Waals surface area contributed by atoms with Crippen LogP contribution in [0.1, 0.15) is 18.4 Å². The van der Waals surface area contributed by atoms with Crippen LogP contribution in [-0.2, 0) is 9.59 Å². The van der Waals surface area contributed by atoms with E-state index >= 15 is 0 Å². The molecule has 2 amide bonds. The zero-order chi connectivity index (χ0) is 19.2. The van der Waals surface area contributed by atoms with Crippen LogP contribution in [0.3, 0.4) is 0 Å². The van der Waals surface area contributed by atoms with Crippen LogP contribution < -0.4 is 5.32 Å². The van der Waals surface area contributed by atoms with E-state index in [0.29, 0.717) is 41.8 Å². The van der Waals surface area contributed by atoms with Gasteiger partial charge in [-0.25, -0.2) is 4.98 Å². The number of nitrogens with one attached hydrogen (secondary N) is 1. The molecule has 1 N–H and O–H groups in total. The van der Waals surface area contributed by atoms with E-state index < -0.39 is 0 Å². The van der Waals surface area contributed by atoms with Gasteiger partial charge in [0, 0.05) is 36.3 Å². The lowest BCUT2D eigenvalue weighted by molar-refractivity contribution is -0.130. The predicted molar refractivity (Wildman–Crippen MR) is 108 cm³/mol. The van der Waals surface area contributed by atoms with Gasteiger partial charge in [0.25, 0.3) is 0 Å². The third-order valence-electron chi connectivity index (χ3n) is 4.42. The molecule has 0 atom stereocenters. The molecule has 1 aromatic carbocycles. The zero-order valence-corrected chi connectivity index (χ0v) is 16.1. The summed E-state index contributed by atoms with van der Waals surface area (Å²) in [5, 5.41) is 3.95. The molecular formula is C20H19Cl2N3O2. The molecule has 0 aliphatic carbocycles. The smallest absolute Gasteiger partial charge is 0.246 e. The number of aromatic nitrogens is 1. The molecule has 1 saturated heterocycles. The summed E-state index contributed by atoms with van der Waals surface area (Å²) in [6.07, 6.45) is 6.03. The molecule has 1 aliphatic rings. The van der Waals surface area contributed by atoms with Gasteiger partial charge in [0.1, 0.15) is 5.82 Å². The monoisotopic (exact) mass is 403 g/mol. The van der Waals surface area contributed by atoms with Crippen molar-refractivity contribution in [1.82, 2.24) is 9.88 Å². The van der Waals surface area contributed by atoms with Crippen molar-refractivity contribution in [3.8, 4) is 0 Å². The van der Waals surface area contributed by atoms with Crippen molar-refractivity contribution in [2.45, 2.75) is 12.8 Å². The molecule has 0 bridgehead atoms. The Morgan fingerprint density at radius 3 is 2.56 bits per heavy atom. The Labute approximate surface area is 168 Å². The lowest BCUT2D eigenvalue weighted by Crippen LogP contribution is -2.40. The molecule has 1 aromatic heterocycles. The molecule has 5 nitrogen and oxygen atoms in total. The average molecular weight is 404 g/mol. The number of halogens is 2. The Bertz CT molecular complexity index is 845. The SMILES string of the molecule is O=C(Nc1ccc(Cl)cn1)C1CCN(C(=O)C=Cc2cccc(Cl)c2)CC1. The fourth-order valence-corrected chi connectivity index (χ4v) is 3.23. The third kappa shape index (κ3) is 5.55. The maximum Gasteiger partial charge on any atom is 0.246 e. The molecule has 1 fully saturated rings.